The van der Waals surface area contributed by atoms with Gasteiger partial charge >= 0.3 is 0 Å². The average Bonchev–Trinajstić information content (AvgIpc) is 2.62. The van der Waals surface area contributed by atoms with Crippen molar-refractivity contribution in [2.24, 2.45) is 0 Å². The first kappa shape index (κ1) is 19.9. The Labute approximate surface area is 151 Å². The number of hydrogen-bond donors (Lipinski definition) is 1. The normalized spacial score (nSPS) is 16.8. The van der Waals surface area contributed by atoms with Gasteiger partial charge in [-0.15, -0.1) is 0 Å². The molecular weight excluding hydrogens is 317 g/mol. The van der Waals surface area contributed by atoms with Gasteiger partial charge in [0.15, 0.2) is 0 Å². The van der Waals surface area contributed by atoms with E-state index in [1.165, 1.54) is 12.1 Å². The van der Waals surface area contributed by atoms with Crippen molar-refractivity contribution < 1.29 is 9.18 Å². The Kier molecular flexibility index (Phi) is 7.38. The fourth-order valence-electron chi connectivity index (χ4n) is 3.29. The molecule has 1 aliphatic rings. The van der Waals surface area contributed by atoms with Gasteiger partial charge in [0.05, 0.1) is 0 Å². The highest BCUT2D eigenvalue weighted by molar-refractivity contribution is 5.75. The van der Waals surface area contributed by atoms with E-state index in [4.69, 9.17) is 0 Å². The van der Waals surface area contributed by atoms with E-state index >= 15 is 0 Å². The number of carbonyl (C=O) groups excluding carboxylic acids is 1. The summed E-state index contributed by atoms with van der Waals surface area (Å²) in [7, 11) is 0. The Hall–Kier alpha value is -1.46. The van der Waals surface area contributed by atoms with Crippen LogP contribution >= 0.6 is 0 Å². The quantitative estimate of drug-likeness (QED) is 0.784. The summed E-state index contributed by atoms with van der Waals surface area (Å²) in [5, 5.41) is 3.09. The molecule has 2 rings (SSSR count). The monoisotopic (exact) mass is 349 g/mol. The molecule has 25 heavy (non-hydrogen) atoms. The molecule has 0 unspecified atom stereocenters. The molecule has 1 aromatic rings. The van der Waals surface area contributed by atoms with E-state index in [0.29, 0.717) is 13.0 Å². The van der Waals surface area contributed by atoms with Crippen LogP contribution in [0.1, 0.15) is 39.2 Å². The second-order valence-corrected chi connectivity index (χ2v) is 7.49. The molecule has 1 aliphatic heterocycles. The van der Waals surface area contributed by atoms with Crippen LogP contribution in [0.25, 0.3) is 0 Å². The molecule has 0 saturated carbocycles. The summed E-state index contributed by atoms with van der Waals surface area (Å²) < 4.78 is 12.9. The molecule has 0 aliphatic carbocycles. The van der Waals surface area contributed by atoms with E-state index in [2.05, 4.69) is 35.9 Å². The van der Waals surface area contributed by atoms with Gasteiger partial charge < -0.3 is 10.2 Å². The maximum absolute atomic E-state index is 12.9. The Morgan fingerprint density at radius 1 is 1.16 bits per heavy atom. The summed E-state index contributed by atoms with van der Waals surface area (Å²) >= 11 is 0. The van der Waals surface area contributed by atoms with Crippen molar-refractivity contribution in [1.29, 1.82) is 0 Å². The molecule has 1 saturated heterocycles. The fraction of sp³-hybridized carbons (Fsp3) is 0.650. The smallest absolute Gasteiger partial charge is 0.220 e. The highest BCUT2D eigenvalue weighted by Gasteiger charge is 2.29. The van der Waals surface area contributed by atoms with Gasteiger partial charge in [0, 0.05) is 44.7 Å². The van der Waals surface area contributed by atoms with Gasteiger partial charge in [0.2, 0.25) is 5.91 Å². The van der Waals surface area contributed by atoms with Gasteiger partial charge in [0.25, 0.3) is 0 Å². The minimum absolute atomic E-state index is 0.0214. The zero-order valence-corrected chi connectivity index (χ0v) is 15.9. The van der Waals surface area contributed by atoms with Crippen LogP contribution in [0.15, 0.2) is 24.3 Å². The molecule has 0 atom stereocenters. The van der Waals surface area contributed by atoms with Crippen LogP contribution < -0.4 is 5.32 Å². The minimum Gasteiger partial charge on any atom is -0.354 e. The van der Waals surface area contributed by atoms with Gasteiger partial charge in [-0.3, -0.25) is 9.69 Å². The first-order valence-electron chi connectivity index (χ1n) is 9.39. The van der Waals surface area contributed by atoms with Gasteiger partial charge in [-0.05, 0) is 50.9 Å². The van der Waals surface area contributed by atoms with Crippen LogP contribution in [0.4, 0.5) is 4.39 Å². The van der Waals surface area contributed by atoms with Crippen molar-refractivity contribution in [2.75, 3.05) is 39.3 Å². The first-order valence-corrected chi connectivity index (χ1v) is 9.39. The fourth-order valence-corrected chi connectivity index (χ4v) is 3.29. The predicted molar refractivity (Wildman–Crippen MR) is 100 cm³/mol. The van der Waals surface area contributed by atoms with Gasteiger partial charge in [-0.1, -0.05) is 19.1 Å². The number of nitrogens with one attached hydrogen (secondary N) is 1. The molecule has 1 fully saturated rings. The number of piperazine rings is 1. The molecule has 5 heteroatoms. The molecule has 0 spiro atoms. The highest BCUT2D eigenvalue weighted by atomic mass is 19.1. The van der Waals surface area contributed by atoms with Crippen LogP contribution in [0.3, 0.4) is 0 Å². The van der Waals surface area contributed by atoms with E-state index in [1.807, 2.05) is 0 Å². The average molecular weight is 349 g/mol. The van der Waals surface area contributed by atoms with Gasteiger partial charge in [0.1, 0.15) is 5.82 Å². The predicted octanol–water partition coefficient (Wildman–Crippen LogP) is 2.68. The molecule has 0 bridgehead atoms. The summed E-state index contributed by atoms with van der Waals surface area (Å²) in [6, 6.07) is 6.50. The first-order chi connectivity index (χ1) is 11.9. The lowest BCUT2D eigenvalue weighted by Crippen LogP contribution is -2.58. The second-order valence-electron chi connectivity index (χ2n) is 7.49. The Balaban J connectivity index is 1.67. The summed E-state index contributed by atoms with van der Waals surface area (Å²) in [6.07, 6.45) is 2.10. The third-order valence-corrected chi connectivity index (χ3v) is 5.18. The zero-order valence-electron chi connectivity index (χ0n) is 15.9. The lowest BCUT2D eigenvalue weighted by Gasteiger charge is -2.44. The Bertz CT molecular complexity index is 536. The Morgan fingerprint density at radius 2 is 1.80 bits per heavy atom. The largest absolute Gasteiger partial charge is 0.354 e. The number of likely N-dealkylation sites (N-methyl/N-ethyl adjacent to an activating group) is 1. The van der Waals surface area contributed by atoms with Crippen molar-refractivity contribution in [3.8, 4) is 0 Å². The molecule has 1 heterocycles. The molecule has 140 valence electrons. The maximum atomic E-state index is 12.9. The number of amides is 1. The summed E-state index contributed by atoms with van der Waals surface area (Å²) in [5.41, 5.74) is 1.05. The molecule has 1 aromatic carbocycles. The number of rotatable bonds is 8. The standard InChI is InChI=1S/C20H32FN3O/c1-4-23-12-14-24(15-13-23)20(2,3)16-22-19(25)7-5-6-17-8-10-18(21)11-9-17/h8-11H,4-7,12-16H2,1-3H3,(H,22,25). The third-order valence-electron chi connectivity index (χ3n) is 5.18. The van der Waals surface area contributed by atoms with E-state index in [1.54, 1.807) is 12.1 Å². The molecule has 0 aromatic heterocycles. The van der Waals surface area contributed by atoms with Gasteiger partial charge in [-0.25, -0.2) is 4.39 Å². The number of carbonyl (C=O) groups is 1. The molecule has 4 nitrogen and oxygen atoms in total. The lowest BCUT2D eigenvalue weighted by molar-refractivity contribution is -0.121. The summed E-state index contributed by atoms with van der Waals surface area (Å²) in [4.78, 5) is 17.0. The van der Waals surface area contributed by atoms with Crippen molar-refractivity contribution in [3.63, 3.8) is 0 Å². The van der Waals surface area contributed by atoms with Crippen molar-refractivity contribution >= 4 is 5.91 Å². The highest BCUT2D eigenvalue weighted by Crippen LogP contribution is 2.16. The van der Waals surface area contributed by atoms with E-state index in [0.717, 1.165) is 51.1 Å². The summed E-state index contributed by atoms with van der Waals surface area (Å²) in [5.74, 6) is -0.120. The topological polar surface area (TPSA) is 35.6 Å². The van der Waals surface area contributed by atoms with Crippen molar-refractivity contribution in [2.45, 2.75) is 45.6 Å². The van der Waals surface area contributed by atoms with Crippen molar-refractivity contribution in [1.82, 2.24) is 15.1 Å². The van der Waals surface area contributed by atoms with Crippen LogP contribution in [-0.2, 0) is 11.2 Å². The molecular formula is C20H32FN3O. The molecule has 0 radical (unpaired) electrons. The van der Waals surface area contributed by atoms with Gasteiger partial charge in [-0.2, -0.15) is 0 Å². The number of halogens is 1. The Morgan fingerprint density at radius 3 is 2.40 bits per heavy atom. The second kappa shape index (κ2) is 9.30. The van der Waals surface area contributed by atoms with Crippen LogP contribution in [0.2, 0.25) is 0 Å². The van der Waals surface area contributed by atoms with E-state index < -0.39 is 0 Å². The number of nitrogens with zero attached hydrogens (tertiary/aromatic N) is 2. The van der Waals surface area contributed by atoms with Crippen molar-refractivity contribution in [3.05, 3.63) is 35.6 Å². The van der Waals surface area contributed by atoms with E-state index in [-0.39, 0.29) is 17.3 Å². The SMILES string of the molecule is CCN1CCN(C(C)(C)CNC(=O)CCCc2ccc(F)cc2)CC1. The molecule has 1 N–H and O–H groups in total. The molecule has 1 amide bonds. The summed E-state index contributed by atoms with van der Waals surface area (Å²) in [6.45, 7) is 12.7. The van der Waals surface area contributed by atoms with Crippen LogP contribution in [-0.4, -0.2) is 60.5 Å². The maximum Gasteiger partial charge on any atom is 0.220 e. The number of hydrogen-bond acceptors (Lipinski definition) is 3. The third kappa shape index (κ3) is 6.40. The van der Waals surface area contributed by atoms with Crippen LogP contribution in [0, 0.1) is 5.82 Å². The number of benzene rings is 1. The lowest BCUT2D eigenvalue weighted by atomic mass is 10.0. The number of aryl methyl sites for hydroxylation is 1. The van der Waals surface area contributed by atoms with Crippen LogP contribution in [0.5, 0.6) is 0 Å². The van der Waals surface area contributed by atoms with E-state index in [9.17, 15) is 9.18 Å². The minimum atomic E-state index is -0.219. The zero-order chi connectivity index (χ0) is 18.3.